The Balaban J connectivity index is 1.72. The molecule has 2 aromatic carbocycles. The van der Waals surface area contributed by atoms with Gasteiger partial charge < -0.3 is 0 Å². The molecule has 182 valence electrons. The Hall–Kier alpha value is -2.92. The topological polar surface area (TPSA) is 118 Å². The molecule has 1 saturated carbocycles. The number of nitro groups is 1. The molecule has 0 N–H and O–H groups in total. The van der Waals surface area contributed by atoms with Gasteiger partial charge in [-0.05, 0) is 25.8 Å². The minimum Gasteiger partial charge on any atom is -0.292 e. The Morgan fingerprint density at radius 1 is 1.00 bits per heavy atom. The number of carbonyl (C=O) groups is 4. The molecule has 2 fully saturated rings. The zero-order chi connectivity index (χ0) is 25.4. The highest BCUT2D eigenvalue weighted by Gasteiger charge is 2.54. The van der Waals surface area contributed by atoms with Gasteiger partial charge in [0.15, 0.2) is 5.78 Å². The van der Waals surface area contributed by atoms with Crippen LogP contribution in [0.4, 0.5) is 5.69 Å². The van der Waals surface area contributed by atoms with Gasteiger partial charge >= 0.3 is 0 Å². The largest absolute Gasteiger partial charge is 0.292 e. The number of hydrogen-bond donors (Lipinski definition) is 0. The first-order chi connectivity index (χ1) is 16.6. The van der Waals surface area contributed by atoms with Gasteiger partial charge in [0, 0.05) is 32.9 Å². The van der Waals surface area contributed by atoms with Crippen molar-refractivity contribution in [1.29, 1.82) is 0 Å². The van der Waals surface area contributed by atoms with Crippen LogP contribution in [-0.2, 0) is 9.59 Å². The molecule has 0 aromatic heterocycles. The number of hydrazine groups is 1. The molecule has 4 atom stereocenters. The number of carbonyl (C=O) groups excluding carboxylic acids is 4. The number of Topliss-reactive ketones (excluding diaryl/α,β-unsaturated/α-hetero) is 1. The molecule has 0 bridgehead atoms. The molecule has 0 unspecified atom stereocenters. The van der Waals surface area contributed by atoms with Crippen LogP contribution in [0.3, 0.4) is 0 Å². The van der Waals surface area contributed by atoms with E-state index < -0.39 is 46.8 Å². The van der Waals surface area contributed by atoms with Crippen LogP contribution in [-0.4, -0.2) is 54.6 Å². The van der Waals surface area contributed by atoms with Gasteiger partial charge in [0.05, 0.1) is 16.8 Å². The number of fused-ring (bicyclic) bond motifs is 1. The zero-order valence-electron chi connectivity index (χ0n) is 18.6. The first kappa shape index (κ1) is 25.2. The molecule has 3 amide bonds. The minimum absolute atomic E-state index is 0.0319. The lowest BCUT2D eigenvalue weighted by Gasteiger charge is -2.30. The molecule has 1 saturated heterocycles. The second-order valence-electron chi connectivity index (χ2n) is 8.66. The lowest BCUT2D eigenvalue weighted by atomic mass is 9.81. The number of non-ortho nitro benzene ring substituents is 1. The van der Waals surface area contributed by atoms with E-state index in [-0.39, 0.29) is 20.9 Å². The number of amides is 3. The van der Waals surface area contributed by atoms with Crippen molar-refractivity contribution in [1.82, 2.24) is 10.0 Å². The molecule has 1 aliphatic heterocycles. The lowest BCUT2D eigenvalue weighted by molar-refractivity contribution is -0.384. The summed E-state index contributed by atoms with van der Waals surface area (Å²) in [6.45, 7) is 1.29. The number of ketones is 1. The van der Waals surface area contributed by atoms with Crippen LogP contribution < -0.4 is 0 Å². The lowest BCUT2D eigenvalue weighted by Crippen LogP contribution is -2.52. The van der Waals surface area contributed by atoms with Crippen molar-refractivity contribution in [2.45, 2.75) is 29.4 Å². The molecule has 0 spiro atoms. The molecule has 35 heavy (non-hydrogen) atoms. The van der Waals surface area contributed by atoms with Crippen LogP contribution in [0.2, 0.25) is 0 Å². The highest BCUT2D eigenvalue weighted by Crippen LogP contribution is 2.43. The van der Waals surface area contributed by atoms with Gasteiger partial charge in [-0.15, -0.1) is 0 Å². The average Bonchev–Trinajstić information content (AvgIpc) is 3.06. The van der Waals surface area contributed by atoms with Crippen molar-refractivity contribution < 1.29 is 24.1 Å². The Morgan fingerprint density at radius 3 is 2.11 bits per heavy atom. The minimum atomic E-state index is -0.847. The molecule has 4 rings (SSSR count). The summed E-state index contributed by atoms with van der Waals surface area (Å²) in [7, 11) is 0. The molecule has 1 aliphatic carbocycles. The summed E-state index contributed by atoms with van der Waals surface area (Å²) in [5.41, 5.74) is 0.819. The summed E-state index contributed by atoms with van der Waals surface area (Å²) in [6.07, 6.45) is 0.790. The van der Waals surface area contributed by atoms with Crippen molar-refractivity contribution >= 4 is 61.1 Å². The van der Waals surface area contributed by atoms with Gasteiger partial charge in [-0.25, -0.2) is 5.01 Å². The molecule has 2 aliphatic rings. The summed E-state index contributed by atoms with van der Waals surface area (Å²) < 4.78 is 0. The van der Waals surface area contributed by atoms with Crippen LogP contribution in [0, 0.1) is 28.9 Å². The van der Waals surface area contributed by atoms with Crippen LogP contribution in [0.1, 0.15) is 39.1 Å². The fourth-order valence-electron chi connectivity index (χ4n) is 4.42. The third-order valence-corrected chi connectivity index (χ3v) is 9.07. The SMILES string of the molecule is Cc1ccc(C(=O)CN(C(=O)c2cccc([N+](=O)[O-])c2)N2C(=O)[C@H]3C[C@@H](Br)[C@@H](Br)C[C@H]3C2=O)cc1. The number of hydrogen-bond acceptors (Lipinski definition) is 6. The van der Waals surface area contributed by atoms with E-state index in [4.69, 9.17) is 0 Å². The second kappa shape index (κ2) is 9.98. The van der Waals surface area contributed by atoms with Crippen molar-refractivity contribution in [2.75, 3.05) is 6.54 Å². The number of nitrogens with zero attached hydrogens (tertiary/aromatic N) is 3. The zero-order valence-corrected chi connectivity index (χ0v) is 21.8. The van der Waals surface area contributed by atoms with Gasteiger partial charge in [-0.2, -0.15) is 5.01 Å². The Bertz CT molecular complexity index is 1190. The van der Waals surface area contributed by atoms with Crippen LogP contribution in [0.5, 0.6) is 0 Å². The first-order valence-electron chi connectivity index (χ1n) is 10.9. The van der Waals surface area contributed by atoms with E-state index in [1.807, 2.05) is 6.92 Å². The maximum Gasteiger partial charge on any atom is 0.273 e. The quantitative estimate of drug-likeness (QED) is 0.161. The van der Waals surface area contributed by atoms with Gasteiger partial charge in [0.2, 0.25) is 0 Å². The molecule has 2 aromatic rings. The van der Waals surface area contributed by atoms with Gasteiger partial charge in [-0.1, -0.05) is 67.8 Å². The van der Waals surface area contributed by atoms with Crippen LogP contribution >= 0.6 is 31.9 Å². The predicted octanol–water partition coefficient (Wildman–Crippen LogP) is 4.07. The van der Waals surface area contributed by atoms with Crippen molar-refractivity contribution in [3.63, 3.8) is 0 Å². The first-order valence-corrected chi connectivity index (χ1v) is 12.7. The van der Waals surface area contributed by atoms with Gasteiger partial charge in [0.1, 0.15) is 6.54 Å². The monoisotopic (exact) mass is 605 g/mol. The average molecular weight is 607 g/mol. The third kappa shape index (κ3) is 4.92. The van der Waals surface area contributed by atoms with Gasteiger partial charge in [-0.3, -0.25) is 29.3 Å². The van der Waals surface area contributed by atoms with Gasteiger partial charge in [0.25, 0.3) is 23.4 Å². The smallest absolute Gasteiger partial charge is 0.273 e. The van der Waals surface area contributed by atoms with E-state index in [1.54, 1.807) is 24.3 Å². The Labute approximate surface area is 217 Å². The molecular formula is C24H21Br2N3O6. The summed E-state index contributed by atoms with van der Waals surface area (Å²) in [5, 5.41) is 12.8. The number of rotatable bonds is 6. The molecule has 1 heterocycles. The molecule has 11 heteroatoms. The second-order valence-corrected chi connectivity index (χ2v) is 11.0. The molecule has 9 nitrogen and oxygen atoms in total. The predicted molar refractivity (Wildman–Crippen MR) is 133 cm³/mol. The highest BCUT2D eigenvalue weighted by molar-refractivity contribution is 9.12. The molecular weight excluding hydrogens is 586 g/mol. The van der Waals surface area contributed by atoms with Crippen LogP contribution in [0.25, 0.3) is 0 Å². The van der Waals surface area contributed by atoms with E-state index in [0.717, 1.165) is 21.6 Å². The number of nitro benzene ring substituents is 1. The summed E-state index contributed by atoms with van der Waals surface area (Å²) in [5.74, 6) is -3.69. The van der Waals surface area contributed by atoms with Crippen LogP contribution in [0.15, 0.2) is 48.5 Å². The number of alkyl halides is 2. The van der Waals surface area contributed by atoms with Crippen molar-refractivity contribution in [2.24, 2.45) is 11.8 Å². The standard InChI is InChI=1S/C24H21Br2N3O6/c1-13-5-7-14(8-6-13)21(30)12-27(22(31)15-3-2-4-16(9-15)29(34)35)28-23(32)17-10-19(25)20(26)11-18(17)24(28)33/h2-9,17-20H,10-12H2,1H3/t17-,18+,19+,20-. The third-order valence-electron chi connectivity index (χ3n) is 6.33. The number of benzene rings is 2. The normalized spacial score (nSPS) is 23.7. The Kier molecular flexibility index (Phi) is 7.18. The van der Waals surface area contributed by atoms with Crippen molar-refractivity contribution in [3.05, 3.63) is 75.3 Å². The fourth-order valence-corrected chi connectivity index (χ4v) is 5.65. The summed E-state index contributed by atoms with van der Waals surface area (Å²) >= 11 is 7.06. The van der Waals surface area contributed by atoms with E-state index in [9.17, 15) is 29.3 Å². The molecule has 0 radical (unpaired) electrons. The fraction of sp³-hybridized carbons (Fsp3) is 0.333. The maximum atomic E-state index is 13.5. The van der Waals surface area contributed by atoms with E-state index in [0.29, 0.717) is 18.4 Å². The number of halogens is 2. The van der Waals surface area contributed by atoms with E-state index >= 15 is 0 Å². The number of aryl methyl sites for hydroxylation is 1. The van der Waals surface area contributed by atoms with E-state index in [2.05, 4.69) is 31.9 Å². The Morgan fingerprint density at radius 2 is 1.57 bits per heavy atom. The van der Waals surface area contributed by atoms with Crippen molar-refractivity contribution in [3.8, 4) is 0 Å². The highest BCUT2D eigenvalue weighted by atomic mass is 79.9. The number of imide groups is 1. The maximum absolute atomic E-state index is 13.5. The van der Waals surface area contributed by atoms with E-state index in [1.165, 1.54) is 18.2 Å². The summed E-state index contributed by atoms with van der Waals surface area (Å²) in [6, 6.07) is 11.7. The summed E-state index contributed by atoms with van der Waals surface area (Å²) in [4.78, 5) is 63.9.